The summed E-state index contributed by atoms with van der Waals surface area (Å²) in [6, 6.07) is 0. The second-order valence-electron chi connectivity index (χ2n) is 5.24. The van der Waals surface area contributed by atoms with Gasteiger partial charge in [-0.3, -0.25) is 4.79 Å². The maximum atomic E-state index is 12.2. The van der Waals surface area contributed by atoms with Gasteiger partial charge in [0.2, 0.25) is 5.91 Å². The number of nitrogens with one attached hydrogen (secondary N) is 1. The maximum absolute atomic E-state index is 12.2. The fraction of sp³-hybridized carbons (Fsp3) is 0.923. The van der Waals surface area contributed by atoms with Crippen LogP contribution in [0, 0.1) is 11.8 Å². The van der Waals surface area contributed by atoms with Gasteiger partial charge in [-0.2, -0.15) is 0 Å². The Labute approximate surface area is 104 Å². The molecule has 0 spiro atoms. The van der Waals surface area contributed by atoms with Crippen LogP contribution in [-0.2, 0) is 9.53 Å². The summed E-state index contributed by atoms with van der Waals surface area (Å²) in [5, 5.41) is 3.26. The van der Waals surface area contributed by atoms with E-state index < -0.39 is 0 Å². The van der Waals surface area contributed by atoms with Gasteiger partial charge in [0.15, 0.2) is 0 Å². The van der Waals surface area contributed by atoms with Gasteiger partial charge in [-0.1, -0.05) is 0 Å². The second-order valence-corrected chi connectivity index (χ2v) is 5.24. The van der Waals surface area contributed by atoms with Gasteiger partial charge in [-0.05, 0) is 38.1 Å². The lowest BCUT2D eigenvalue weighted by molar-refractivity contribution is -0.136. The summed E-state index contributed by atoms with van der Waals surface area (Å²) >= 11 is 0. The molecule has 2 saturated heterocycles. The molecule has 0 aliphatic carbocycles. The van der Waals surface area contributed by atoms with E-state index in [9.17, 15) is 4.79 Å². The summed E-state index contributed by atoms with van der Waals surface area (Å²) in [6.45, 7) is 4.63. The van der Waals surface area contributed by atoms with Crippen LogP contribution < -0.4 is 5.32 Å². The number of carbonyl (C=O) groups is 1. The number of methoxy groups -OCH3 is 1. The highest BCUT2D eigenvalue weighted by Gasteiger charge is 2.29. The van der Waals surface area contributed by atoms with E-state index in [1.54, 1.807) is 7.11 Å². The molecular weight excluding hydrogens is 216 g/mol. The van der Waals surface area contributed by atoms with E-state index in [2.05, 4.69) is 10.2 Å². The Bertz CT molecular complexity index is 244. The second kappa shape index (κ2) is 6.36. The summed E-state index contributed by atoms with van der Waals surface area (Å²) in [6.07, 6.45) is 4.45. The Morgan fingerprint density at radius 1 is 1.35 bits per heavy atom. The lowest BCUT2D eigenvalue weighted by Crippen LogP contribution is -2.42. The van der Waals surface area contributed by atoms with Crippen LogP contribution in [0.4, 0.5) is 0 Å². The minimum Gasteiger partial charge on any atom is -0.385 e. The summed E-state index contributed by atoms with van der Waals surface area (Å²) < 4.78 is 5.11. The largest absolute Gasteiger partial charge is 0.385 e. The molecule has 0 bridgehead atoms. The van der Waals surface area contributed by atoms with E-state index in [1.807, 2.05) is 0 Å². The zero-order chi connectivity index (χ0) is 12.1. The summed E-state index contributed by atoms with van der Waals surface area (Å²) in [7, 11) is 1.76. The highest BCUT2D eigenvalue weighted by molar-refractivity contribution is 5.79. The SMILES string of the molecule is COCCC1CCN(C(=O)[C@H]2CCNC2)CC1. The van der Waals surface area contributed by atoms with Crippen molar-refractivity contribution < 1.29 is 9.53 Å². The van der Waals surface area contributed by atoms with E-state index in [1.165, 1.54) is 0 Å². The molecule has 4 heteroatoms. The molecular formula is C13H24N2O2. The number of hydrogen-bond acceptors (Lipinski definition) is 3. The van der Waals surface area contributed by atoms with Crippen LogP contribution in [0.3, 0.4) is 0 Å². The number of amides is 1. The Hall–Kier alpha value is -0.610. The zero-order valence-corrected chi connectivity index (χ0v) is 10.8. The van der Waals surface area contributed by atoms with Gasteiger partial charge >= 0.3 is 0 Å². The van der Waals surface area contributed by atoms with Gasteiger partial charge in [-0.25, -0.2) is 0 Å². The lowest BCUT2D eigenvalue weighted by Gasteiger charge is -2.33. The van der Waals surface area contributed by atoms with Crippen molar-refractivity contribution in [1.82, 2.24) is 10.2 Å². The number of carbonyl (C=O) groups excluding carboxylic acids is 1. The van der Waals surface area contributed by atoms with E-state index in [0.717, 1.165) is 64.4 Å². The average molecular weight is 240 g/mol. The number of rotatable bonds is 4. The van der Waals surface area contributed by atoms with Crippen molar-refractivity contribution >= 4 is 5.91 Å². The first-order valence-corrected chi connectivity index (χ1v) is 6.79. The Kier molecular flexibility index (Phi) is 4.80. The molecule has 2 aliphatic heterocycles. The standard InChI is InChI=1S/C13H24N2O2/c1-17-9-5-11-3-7-15(8-4-11)13(16)12-2-6-14-10-12/h11-12,14H,2-10H2,1H3/t12-/m0/s1. The smallest absolute Gasteiger partial charge is 0.227 e. The highest BCUT2D eigenvalue weighted by atomic mass is 16.5. The zero-order valence-electron chi connectivity index (χ0n) is 10.8. The summed E-state index contributed by atoms with van der Waals surface area (Å²) in [4.78, 5) is 14.3. The molecule has 0 unspecified atom stereocenters. The molecule has 2 fully saturated rings. The third kappa shape index (κ3) is 3.42. The molecule has 0 saturated carbocycles. The van der Waals surface area contributed by atoms with Crippen molar-refractivity contribution in [3.05, 3.63) is 0 Å². The molecule has 0 aromatic heterocycles. The predicted molar refractivity (Wildman–Crippen MR) is 66.8 cm³/mol. The normalized spacial score (nSPS) is 26.4. The van der Waals surface area contributed by atoms with Crippen molar-refractivity contribution in [2.45, 2.75) is 25.7 Å². The molecule has 0 aromatic carbocycles. The number of likely N-dealkylation sites (tertiary alicyclic amines) is 1. The monoisotopic (exact) mass is 240 g/mol. The van der Waals surface area contributed by atoms with Gasteiger partial charge in [0, 0.05) is 33.4 Å². The molecule has 0 radical (unpaired) electrons. The van der Waals surface area contributed by atoms with Crippen LogP contribution >= 0.6 is 0 Å². The predicted octanol–water partition coefficient (Wildman–Crippen LogP) is 0.871. The minimum atomic E-state index is 0.241. The van der Waals surface area contributed by atoms with Crippen LogP contribution in [-0.4, -0.2) is 50.7 Å². The van der Waals surface area contributed by atoms with E-state index >= 15 is 0 Å². The number of hydrogen-bond donors (Lipinski definition) is 1. The maximum Gasteiger partial charge on any atom is 0.227 e. The molecule has 2 aliphatic rings. The van der Waals surface area contributed by atoms with Crippen molar-refractivity contribution in [2.75, 3.05) is 39.9 Å². The molecule has 2 rings (SSSR count). The third-order valence-corrected chi connectivity index (χ3v) is 4.07. The van der Waals surface area contributed by atoms with Gasteiger partial charge in [0.05, 0.1) is 5.92 Å². The highest BCUT2D eigenvalue weighted by Crippen LogP contribution is 2.22. The van der Waals surface area contributed by atoms with Gasteiger partial charge < -0.3 is 15.0 Å². The van der Waals surface area contributed by atoms with E-state index in [0.29, 0.717) is 5.91 Å². The lowest BCUT2D eigenvalue weighted by atomic mass is 9.93. The fourth-order valence-corrected chi connectivity index (χ4v) is 2.85. The van der Waals surface area contributed by atoms with Gasteiger partial charge in [-0.15, -0.1) is 0 Å². The molecule has 1 N–H and O–H groups in total. The van der Waals surface area contributed by atoms with Crippen molar-refractivity contribution in [3.8, 4) is 0 Å². The Morgan fingerprint density at radius 3 is 2.71 bits per heavy atom. The molecule has 98 valence electrons. The molecule has 4 nitrogen and oxygen atoms in total. The Morgan fingerprint density at radius 2 is 2.12 bits per heavy atom. The number of ether oxygens (including phenoxy) is 1. The molecule has 2 heterocycles. The van der Waals surface area contributed by atoms with Crippen LogP contribution in [0.5, 0.6) is 0 Å². The molecule has 0 aromatic rings. The number of piperidine rings is 1. The molecule has 1 amide bonds. The van der Waals surface area contributed by atoms with E-state index in [4.69, 9.17) is 4.74 Å². The first-order valence-electron chi connectivity index (χ1n) is 6.79. The fourth-order valence-electron chi connectivity index (χ4n) is 2.85. The van der Waals surface area contributed by atoms with E-state index in [-0.39, 0.29) is 5.92 Å². The summed E-state index contributed by atoms with van der Waals surface area (Å²) in [5.41, 5.74) is 0. The van der Waals surface area contributed by atoms with Crippen molar-refractivity contribution in [1.29, 1.82) is 0 Å². The average Bonchev–Trinajstić information content (AvgIpc) is 2.90. The quantitative estimate of drug-likeness (QED) is 0.793. The molecule has 17 heavy (non-hydrogen) atoms. The molecule has 1 atom stereocenters. The van der Waals surface area contributed by atoms with Gasteiger partial charge in [0.1, 0.15) is 0 Å². The first-order chi connectivity index (χ1) is 8.31. The summed E-state index contributed by atoms with van der Waals surface area (Å²) in [5.74, 6) is 1.37. The first kappa shape index (κ1) is 12.8. The minimum absolute atomic E-state index is 0.241. The van der Waals surface area contributed by atoms with Crippen LogP contribution in [0.2, 0.25) is 0 Å². The van der Waals surface area contributed by atoms with Crippen molar-refractivity contribution in [2.24, 2.45) is 11.8 Å². The van der Waals surface area contributed by atoms with Crippen LogP contribution in [0.15, 0.2) is 0 Å². The number of nitrogens with zero attached hydrogens (tertiary/aromatic N) is 1. The third-order valence-electron chi connectivity index (χ3n) is 4.07. The van der Waals surface area contributed by atoms with Gasteiger partial charge in [0.25, 0.3) is 0 Å². The van der Waals surface area contributed by atoms with Crippen molar-refractivity contribution in [3.63, 3.8) is 0 Å². The van der Waals surface area contributed by atoms with Crippen LogP contribution in [0.1, 0.15) is 25.7 Å². The Balaban J connectivity index is 1.72. The topological polar surface area (TPSA) is 41.6 Å². The van der Waals surface area contributed by atoms with Crippen LogP contribution in [0.25, 0.3) is 0 Å².